The molecule has 0 saturated carbocycles. The minimum Gasteiger partial charge on any atom is -0.481 e. The number of benzene rings is 3. The summed E-state index contributed by atoms with van der Waals surface area (Å²) >= 11 is 0. The first-order valence-corrected chi connectivity index (χ1v) is 12.2. The molecule has 2 N–H and O–H groups in total. The maximum atomic E-state index is 13.1. The summed E-state index contributed by atoms with van der Waals surface area (Å²) in [6.07, 6.45) is 2.68. The zero-order chi connectivity index (χ0) is 26.1. The van der Waals surface area contributed by atoms with Gasteiger partial charge in [-0.1, -0.05) is 54.6 Å². The number of hydrogen-bond acceptors (Lipinski definition) is 5. The number of fused-ring (bicyclic) bond motifs is 3. The van der Waals surface area contributed by atoms with Crippen LogP contribution in [0, 0.1) is 6.92 Å². The second-order valence-electron chi connectivity index (χ2n) is 9.22. The first kappa shape index (κ1) is 24.3. The van der Waals surface area contributed by atoms with Crippen LogP contribution in [0.5, 0.6) is 5.75 Å². The van der Waals surface area contributed by atoms with E-state index < -0.39 is 17.7 Å². The molecule has 37 heavy (non-hydrogen) atoms. The van der Waals surface area contributed by atoms with Crippen LogP contribution in [0.3, 0.4) is 0 Å². The van der Waals surface area contributed by atoms with E-state index in [0.29, 0.717) is 23.4 Å². The predicted octanol–water partition coefficient (Wildman–Crippen LogP) is 4.37. The second kappa shape index (κ2) is 9.93. The number of aromatic nitrogens is 1. The lowest BCUT2D eigenvalue weighted by atomic mass is 9.99. The molecular weight excluding hydrogens is 468 g/mol. The van der Waals surface area contributed by atoms with E-state index in [4.69, 9.17) is 15.2 Å². The minimum absolute atomic E-state index is 0.217. The van der Waals surface area contributed by atoms with Crippen molar-refractivity contribution >= 4 is 28.6 Å². The third-order valence-corrected chi connectivity index (χ3v) is 7.08. The number of nitrogens with zero attached hydrogens (tertiary/aromatic N) is 1. The highest BCUT2D eigenvalue weighted by Crippen LogP contribution is 2.42. The van der Waals surface area contributed by atoms with Crippen LogP contribution in [0.2, 0.25) is 0 Å². The lowest BCUT2D eigenvalue weighted by Gasteiger charge is -2.16. The third kappa shape index (κ3) is 4.37. The number of carbonyl (C=O) groups excluding carboxylic acids is 3. The van der Waals surface area contributed by atoms with Crippen molar-refractivity contribution < 1.29 is 23.9 Å². The van der Waals surface area contributed by atoms with Gasteiger partial charge in [-0.05, 0) is 60.1 Å². The molecule has 0 radical (unpaired) electrons. The number of methoxy groups -OCH3 is 1. The monoisotopic (exact) mass is 496 g/mol. The Kier molecular flexibility index (Phi) is 6.53. The Labute approximate surface area is 214 Å². The van der Waals surface area contributed by atoms with Crippen molar-refractivity contribution in [1.29, 1.82) is 0 Å². The molecule has 3 aromatic carbocycles. The van der Waals surface area contributed by atoms with Crippen molar-refractivity contribution in [1.82, 2.24) is 4.57 Å². The largest absolute Gasteiger partial charge is 0.481 e. The number of rotatable bonds is 8. The maximum Gasteiger partial charge on any atom is 0.343 e. The molecule has 188 valence electrons. The van der Waals surface area contributed by atoms with Crippen molar-refractivity contribution in [2.24, 2.45) is 5.73 Å². The molecule has 1 amide bonds. The molecule has 7 heteroatoms. The van der Waals surface area contributed by atoms with Gasteiger partial charge < -0.3 is 19.8 Å². The zero-order valence-electron chi connectivity index (χ0n) is 20.9. The van der Waals surface area contributed by atoms with Crippen LogP contribution >= 0.6 is 0 Å². The van der Waals surface area contributed by atoms with Crippen molar-refractivity contribution in [3.8, 4) is 16.9 Å². The maximum absolute atomic E-state index is 13.1. The smallest absolute Gasteiger partial charge is 0.343 e. The van der Waals surface area contributed by atoms with Gasteiger partial charge in [-0.25, -0.2) is 4.79 Å². The van der Waals surface area contributed by atoms with E-state index in [1.165, 1.54) is 7.11 Å². The Morgan fingerprint density at radius 2 is 1.73 bits per heavy atom. The SMILES string of the molecule is COC(=O)COc1cc2c(c3c1c(C(=O)C(N)=O)c(C)n3Cc1ccccc1-c1ccccc1)CCC2. The Balaban J connectivity index is 1.76. The van der Waals surface area contributed by atoms with Crippen molar-refractivity contribution in [3.63, 3.8) is 0 Å². The van der Waals surface area contributed by atoms with Crippen molar-refractivity contribution in [3.05, 3.63) is 88.6 Å². The van der Waals surface area contributed by atoms with Gasteiger partial charge in [0.25, 0.3) is 11.7 Å². The van der Waals surface area contributed by atoms with Gasteiger partial charge in [0.1, 0.15) is 5.75 Å². The molecule has 1 aliphatic rings. The molecule has 7 nitrogen and oxygen atoms in total. The molecule has 1 heterocycles. The molecule has 0 bridgehead atoms. The number of ether oxygens (including phenoxy) is 2. The molecule has 0 unspecified atom stereocenters. The summed E-state index contributed by atoms with van der Waals surface area (Å²) < 4.78 is 12.7. The summed E-state index contributed by atoms with van der Waals surface area (Å²) in [6, 6.07) is 20.2. The average Bonchev–Trinajstić information content (AvgIpc) is 3.49. The number of amides is 1. The second-order valence-corrected chi connectivity index (χ2v) is 9.22. The highest BCUT2D eigenvalue weighted by molar-refractivity contribution is 6.45. The van der Waals surface area contributed by atoms with E-state index in [1.54, 1.807) is 0 Å². The van der Waals surface area contributed by atoms with Gasteiger partial charge >= 0.3 is 5.97 Å². The number of esters is 1. The number of Topliss-reactive ketones (excluding diaryl/α,β-unsaturated/α-hetero) is 1. The Morgan fingerprint density at radius 1 is 1.00 bits per heavy atom. The number of ketones is 1. The number of nitrogens with two attached hydrogens (primary N) is 1. The number of primary amides is 1. The summed E-state index contributed by atoms with van der Waals surface area (Å²) in [6.45, 7) is 1.99. The van der Waals surface area contributed by atoms with Crippen LogP contribution < -0.4 is 10.5 Å². The highest BCUT2D eigenvalue weighted by Gasteiger charge is 2.30. The molecular formula is C30H28N2O5. The quantitative estimate of drug-likeness (QED) is 0.222. The first-order valence-electron chi connectivity index (χ1n) is 12.2. The van der Waals surface area contributed by atoms with Gasteiger partial charge in [0, 0.05) is 12.2 Å². The number of carbonyl (C=O) groups is 3. The normalized spacial score (nSPS) is 12.4. The predicted molar refractivity (Wildman–Crippen MR) is 141 cm³/mol. The standard InChI is InChI=1S/C30H28N2O5/c1-18-26(29(34)30(31)35)27-24(37-17-25(33)36-2)15-20-12-8-14-23(20)28(27)32(18)16-21-11-6-7-13-22(21)19-9-4-3-5-10-19/h3-7,9-11,13,15H,8,12,14,16-17H2,1-2H3,(H2,31,35). The summed E-state index contributed by atoms with van der Waals surface area (Å²) in [5.41, 5.74) is 12.7. The Hall–Kier alpha value is -4.39. The third-order valence-electron chi connectivity index (χ3n) is 7.08. The molecule has 1 aliphatic carbocycles. The number of aryl methyl sites for hydroxylation is 2. The van der Waals surface area contributed by atoms with Crippen LogP contribution in [-0.4, -0.2) is 35.9 Å². The zero-order valence-corrected chi connectivity index (χ0v) is 20.9. The lowest BCUT2D eigenvalue weighted by molar-refractivity contribution is -0.142. The van der Waals surface area contributed by atoms with Gasteiger partial charge in [-0.3, -0.25) is 9.59 Å². The van der Waals surface area contributed by atoms with Crippen LogP contribution in [0.4, 0.5) is 0 Å². The number of hydrogen-bond donors (Lipinski definition) is 1. The summed E-state index contributed by atoms with van der Waals surface area (Å²) in [5, 5.41) is 0.517. The van der Waals surface area contributed by atoms with E-state index in [-0.39, 0.29) is 12.2 Å². The van der Waals surface area contributed by atoms with Gasteiger partial charge in [0.2, 0.25) is 0 Å². The van der Waals surface area contributed by atoms with Crippen molar-refractivity contribution in [2.45, 2.75) is 32.7 Å². The molecule has 4 aromatic rings. The molecule has 0 spiro atoms. The Bertz CT molecular complexity index is 1540. The topological polar surface area (TPSA) is 101 Å². The van der Waals surface area contributed by atoms with E-state index >= 15 is 0 Å². The molecule has 0 aliphatic heterocycles. The molecule has 0 atom stereocenters. The van der Waals surface area contributed by atoms with Crippen LogP contribution in [0.1, 0.15) is 39.2 Å². The highest BCUT2D eigenvalue weighted by atomic mass is 16.6. The van der Waals surface area contributed by atoms with Crippen LogP contribution in [-0.2, 0) is 33.7 Å². The van der Waals surface area contributed by atoms with Gasteiger partial charge in [-0.15, -0.1) is 0 Å². The molecule has 0 fully saturated rings. The fourth-order valence-electron chi connectivity index (χ4n) is 5.35. The summed E-state index contributed by atoms with van der Waals surface area (Å²) in [4.78, 5) is 37.1. The lowest BCUT2D eigenvalue weighted by Crippen LogP contribution is -2.24. The minimum atomic E-state index is -1.04. The molecule has 0 saturated heterocycles. The average molecular weight is 497 g/mol. The van der Waals surface area contributed by atoms with Crippen LogP contribution in [0.15, 0.2) is 60.7 Å². The van der Waals surface area contributed by atoms with E-state index in [1.807, 2.05) is 43.3 Å². The van der Waals surface area contributed by atoms with Gasteiger partial charge in [0.15, 0.2) is 6.61 Å². The van der Waals surface area contributed by atoms with E-state index in [9.17, 15) is 14.4 Å². The molecule has 5 rings (SSSR count). The van der Waals surface area contributed by atoms with Gasteiger partial charge in [-0.2, -0.15) is 0 Å². The Morgan fingerprint density at radius 3 is 2.46 bits per heavy atom. The van der Waals surface area contributed by atoms with E-state index in [0.717, 1.165) is 52.6 Å². The summed E-state index contributed by atoms with van der Waals surface area (Å²) in [5.74, 6) is -1.97. The first-order chi connectivity index (χ1) is 17.9. The van der Waals surface area contributed by atoms with Gasteiger partial charge in [0.05, 0.1) is 23.6 Å². The summed E-state index contributed by atoms with van der Waals surface area (Å²) in [7, 11) is 1.29. The van der Waals surface area contributed by atoms with Crippen molar-refractivity contribution in [2.75, 3.05) is 13.7 Å². The van der Waals surface area contributed by atoms with E-state index in [2.05, 4.69) is 28.8 Å². The fraction of sp³-hybridized carbons (Fsp3) is 0.233. The fourth-order valence-corrected chi connectivity index (χ4v) is 5.35. The molecule has 1 aromatic heterocycles. The van der Waals surface area contributed by atoms with Crippen LogP contribution in [0.25, 0.3) is 22.0 Å².